The Hall–Kier alpha value is -3.37. The molecule has 10 heteroatoms. The Bertz CT molecular complexity index is 1100. The molecule has 0 spiro atoms. The molecule has 0 bridgehead atoms. The number of hydrazine groups is 1. The number of nitrogens with one attached hydrogen (secondary N) is 2. The number of amidine groups is 1. The maximum absolute atomic E-state index is 5.93. The highest BCUT2D eigenvalue weighted by Crippen LogP contribution is 2.28. The number of H-pyrrole nitrogens is 1. The lowest BCUT2D eigenvalue weighted by molar-refractivity contribution is 0.592. The molecule has 0 fully saturated rings. The second-order valence-electron chi connectivity index (χ2n) is 5.56. The monoisotopic (exact) mass is 410 g/mol. The second kappa shape index (κ2) is 9.71. The minimum atomic E-state index is 0.427. The first-order valence-electron chi connectivity index (χ1n) is 9.01. The third-order valence-corrected chi connectivity index (χ3v) is 4.70. The Balaban J connectivity index is 0.00000117. The van der Waals surface area contributed by atoms with Crippen molar-refractivity contribution in [3.05, 3.63) is 48.7 Å². The molecule has 0 saturated carbocycles. The second-order valence-corrected chi connectivity index (χ2v) is 6.50. The van der Waals surface area contributed by atoms with Crippen molar-refractivity contribution in [2.75, 3.05) is 5.75 Å². The first-order valence-corrected chi connectivity index (χ1v) is 9.99. The van der Waals surface area contributed by atoms with Crippen molar-refractivity contribution in [1.82, 2.24) is 25.6 Å². The van der Waals surface area contributed by atoms with Gasteiger partial charge in [-0.2, -0.15) is 10.1 Å². The summed E-state index contributed by atoms with van der Waals surface area (Å²) in [5.74, 6) is 13.2. The van der Waals surface area contributed by atoms with E-state index in [9.17, 15) is 0 Å². The number of para-hydroxylation sites is 1. The van der Waals surface area contributed by atoms with Gasteiger partial charge >= 0.3 is 0 Å². The average Bonchev–Trinajstić information content (AvgIpc) is 3.45. The number of benzene rings is 1. The summed E-state index contributed by atoms with van der Waals surface area (Å²) in [6.45, 7) is 4.00. The zero-order chi connectivity index (χ0) is 20.6. The van der Waals surface area contributed by atoms with Crippen LogP contribution >= 0.6 is 11.8 Å². The number of rotatable bonds is 5. The molecule has 0 aliphatic carbocycles. The molecule has 4 aromatic rings. The molecule has 9 nitrogen and oxygen atoms in total. The van der Waals surface area contributed by atoms with Crippen LogP contribution in [0.4, 0.5) is 0 Å². The lowest BCUT2D eigenvalue weighted by Gasteiger charge is -2.00. The maximum atomic E-state index is 5.93. The van der Waals surface area contributed by atoms with Gasteiger partial charge in [-0.15, -0.1) is 5.10 Å². The molecular formula is C19H22N8OS. The molecule has 29 heavy (non-hydrogen) atoms. The van der Waals surface area contributed by atoms with E-state index >= 15 is 0 Å². The topological polar surface area (TPSA) is 144 Å². The Morgan fingerprint density at radius 2 is 2.00 bits per heavy atom. The van der Waals surface area contributed by atoms with Gasteiger partial charge in [-0.3, -0.25) is 10.1 Å². The third kappa shape index (κ3) is 4.73. The van der Waals surface area contributed by atoms with E-state index in [1.807, 2.05) is 56.3 Å². The van der Waals surface area contributed by atoms with Gasteiger partial charge in [-0.05, 0) is 24.3 Å². The summed E-state index contributed by atoms with van der Waals surface area (Å²) < 4.78 is 5.93. The minimum Gasteiger partial charge on any atom is -0.453 e. The number of nitrogens with zero attached hydrogens (tertiary/aromatic N) is 4. The molecular weight excluding hydrogens is 388 g/mol. The van der Waals surface area contributed by atoms with Crippen molar-refractivity contribution < 1.29 is 4.42 Å². The lowest BCUT2D eigenvalue weighted by Crippen LogP contribution is -2.33. The molecule has 150 valence electrons. The first-order chi connectivity index (χ1) is 14.3. The molecule has 0 saturated heterocycles. The van der Waals surface area contributed by atoms with Crippen LogP contribution in [0.25, 0.3) is 33.8 Å². The summed E-state index contributed by atoms with van der Waals surface area (Å²) in [5, 5.41) is 12.1. The Labute approximate surface area is 172 Å². The first kappa shape index (κ1) is 20.4. The number of hydrazone groups is 1. The van der Waals surface area contributed by atoms with Crippen molar-refractivity contribution in [2.45, 2.75) is 19.0 Å². The molecule has 0 radical (unpaired) electrons. The molecule has 3 aromatic heterocycles. The van der Waals surface area contributed by atoms with Gasteiger partial charge in [0.15, 0.2) is 11.6 Å². The van der Waals surface area contributed by atoms with Crippen molar-refractivity contribution in [3.8, 4) is 22.9 Å². The van der Waals surface area contributed by atoms with Crippen molar-refractivity contribution >= 4 is 28.5 Å². The average molecular weight is 411 g/mol. The Morgan fingerprint density at radius 3 is 2.79 bits per heavy atom. The zero-order valence-electron chi connectivity index (χ0n) is 16.1. The van der Waals surface area contributed by atoms with Crippen molar-refractivity contribution in [3.63, 3.8) is 0 Å². The molecule has 4 rings (SSSR count). The van der Waals surface area contributed by atoms with E-state index in [0.717, 1.165) is 16.5 Å². The predicted molar refractivity (Wildman–Crippen MR) is 116 cm³/mol. The molecule has 0 aliphatic heterocycles. The van der Waals surface area contributed by atoms with E-state index in [0.29, 0.717) is 34.1 Å². The molecule has 0 amide bonds. The predicted octanol–water partition coefficient (Wildman–Crippen LogP) is 3.13. The van der Waals surface area contributed by atoms with Gasteiger partial charge < -0.3 is 15.7 Å². The zero-order valence-corrected chi connectivity index (χ0v) is 16.9. The fourth-order valence-corrected chi connectivity index (χ4v) is 3.19. The number of aromatic nitrogens is 4. The number of aromatic amines is 1. The molecule has 1 aromatic carbocycles. The van der Waals surface area contributed by atoms with Crippen LogP contribution in [0.5, 0.6) is 0 Å². The number of hydrogen-bond donors (Lipinski definition) is 4. The summed E-state index contributed by atoms with van der Waals surface area (Å²) in [7, 11) is 0. The van der Waals surface area contributed by atoms with Crippen LogP contribution in [0.1, 0.15) is 13.8 Å². The van der Waals surface area contributed by atoms with Crippen LogP contribution in [0.15, 0.2) is 63.3 Å². The number of thioether (sulfide) groups is 1. The maximum Gasteiger partial charge on any atom is 0.209 e. The minimum absolute atomic E-state index is 0.427. The summed E-state index contributed by atoms with van der Waals surface area (Å²) in [5.41, 5.74) is 4.25. The third-order valence-electron chi connectivity index (χ3n) is 3.84. The van der Waals surface area contributed by atoms with E-state index < -0.39 is 0 Å². The fraction of sp³-hybridized carbons (Fsp3) is 0.158. The van der Waals surface area contributed by atoms with Crippen molar-refractivity contribution in [2.24, 2.45) is 16.8 Å². The van der Waals surface area contributed by atoms with E-state index in [1.165, 1.54) is 11.8 Å². The number of fused-ring (bicyclic) bond motifs is 1. The molecule has 0 atom stereocenters. The highest BCUT2D eigenvalue weighted by molar-refractivity contribution is 7.99. The van der Waals surface area contributed by atoms with Crippen LogP contribution in [0, 0.1) is 0 Å². The number of nitrogens with two attached hydrogens (primary N) is 2. The van der Waals surface area contributed by atoms with Crippen LogP contribution in [-0.4, -0.2) is 31.8 Å². The highest BCUT2D eigenvalue weighted by Gasteiger charge is 2.13. The number of furan rings is 1. The molecule has 3 heterocycles. The van der Waals surface area contributed by atoms with E-state index in [2.05, 4.69) is 30.7 Å². The number of pyridine rings is 1. The summed E-state index contributed by atoms with van der Waals surface area (Å²) in [6.07, 6.45) is 1.79. The van der Waals surface area contributed by atoms with E-state index in [1.54, 1.807) is 6.20 Å². The Kier molecular flexibility index (Phi) is 6.82. The van der Waals surface area contributed by atoms with Gasteiger partial charge in [-0.1, -0.05) is 43.8 Å². The lowest BCUT2D eigenvalue weighted by atomic mass is 10.1. The largest absolute Gasteiger partial charge is 0.453 e. The van der Waals surface area contributed by atoms with E-state index in [4.69, 9.17) is 16.1 Å². The van der Waals surface area contributed by atoms with Crippen LogP contribution < -0.4 is 17.1 Å². The van der Waals surface area contributed by atoms with Crippen LogP contribution in [0.2, 0.25) is 0 Å². The smallest absolute Gasteiger partial charge is 0.209 e. The fourth-order valence-electron chi connectivity index (χ4n) is 2.50. The normalized spacial score (nSPS) is 11.2. The van der Waals surface area contributed by atoms with Gasteiger partial charge in [0.1, 0.15) is 11.6 Å². The summed E-state index contributed by atoms with van der Waals surface area (Å²) in [4.78, 5) is 8.86. The van der Waals surface area contributed by atoms with Gasteiger partial charge in [0.2, 0.25) is 5.16 Å². The quantitative estimate of drug-likeness (QED) is 0.129. The van der Waals surface area contributed by atoms with Gasteiger partial charge in [0.05, 0.1) is 11.3 Å². The van der Waals surface area contributed by atoms with Gasteiger partial charge in [0, 0.05) is 17.1 Å². The summed E-state index contributed by atoms with van der Waals surface area (Å²) in [6, 6.07) is 13.7. The Morgan fingerprint density at radius 1 is 1.21 bits per heavy atom. The van der Waals surface area contributed by atoms with Crippen molar-refractivity contribution in [1.29, 1.82) is 0 Å². The molecule has 6 N–H and O–H groups in total. The van der Waals surface area contributed by atoms with Gasteiger partial charge in [0.25, 0.3) is 0 Å². The summed E-state index contributed by atoms with van der Waals surface area (Å²) >= 11 is 1.34. The molecule has 0 unspecified atom stereocenters. The molecule has 0 aliphatic rings. The SMILES string of the molecule is CC.N/N=C(/CSc1n[nH]c(-c2ccc(-c3cnc4ccccc4c3)o2)n1)NN. The van der Waals surface area contributed by atoms with E-state index in [-0.39, 0.29) is 0 Å². The highest BCUT2D eigenvalue weighted by atomic mass is 32.2. The van der Waals surface area contributed by atoms with Crippen LogP contribution in [-0.2, 0) is 0 Å². The number of hydrogen-bond acceptors (Lipinski definition) is 8. The standard InChI is InChI=1S/C17H16N8OS.C2H6/c18-22-15(23-19)9-27-17-21-16(24-25-17)14-6-5-13(26-14)11-7-10-3-1-2-4-12(10)20-8-11;1-2/h1-8H,9,18-19H2,(H,22,23)(H,21,24,25);1-2H3. The van der Waals surface area contributed by atoms with Gasteiger partial charge in [-0.25, -0.2) is 5.84 Å². The van der Waals surface area contributed by atoms with Crippen LogP contribution in [0.3, 0.4) is 0 Å².